The van der Waals surface area contributed by atoms with E-state index in [2.05, 4.69) is 5.32 Å². The number of rotatable bonds is 1. The van der Waals surface area contributed by atoms with Crippen molar-refractivity contribution in [2.45, 2.75) is 13.0 Å². The highest BCUT2D eigenvalue weighted by atomic mass is 16.2. The van der Waals surface area contributed by atoms with Gasteiger partial charge in [0.25, 0.3) is 5.91 Å². The quantitative estimate of drug-likeness (QED) is 0.807. The lowest BCUT2D eigenvalue weighted by molar-refractivity contribution is -0.120. The van der Waals surface area contributed by atoms with Crippen LogP contribution in [-0.4, -0.2) is 36.3 Å². The summed E-state index contributed by atoms with van der Waals surface area (Å²) >= 11 is 0. The van der Waals surface area contributed by atoms with Gasteiger partial charge in [0.15, 0.2) is 0 Å². The largest absolute Gasteiger partial charge is 0.337 e. The molecule has 0 aliphatic carbocycles. The lowest BCUT2D eigenvalue weighted by atomic mass is 10.1. The van der Waals surface area contributed by atoms with E-state index in [9.17, 15) is 14.4 Å². The van der Waals surface area contributed by atoms with Crippen LogP contribution in [0, 0.1) is 0 Å². The molecule has 3 rings (SSSR count). The Morgan fingerprint density at radius 1 is 1.21 bits per heavy atom. The Bertz CT molecular complexity index is 597. The van der Waals surface area contributed by atoms with Gasteiger partial charge in [-0.3, -0.25) is 19.8 Å². The Morgan fingerprint density at radius 3 is 2.74 bits per heavy atom. The van der Waals surface area contributed by atoms with Crippen molar-refractivity contribution in [3.05, 3.63) is 29.3 Å². The number of imide groups is 1. The predicted octanol–water partition coefficient (Wildman–Crippen LogP) is 0.719. The summed E-state index contributed by atoms with van der Waals surface area (Å²) < 4.78 is 0. The molecule has 0 saturated carbocycles. The van der Waals surface area contributed by atoms with Gasteiger partial charge in [0.1, 0.15) is 0 Å². The number of nitrogens with zero attached hydrogens (tertiary/aromatic N) is 2. The minimum Gasteiger partial charge on any atom is -0.337 e. The molecule has 1 N–H and O–H groups in total. The predicted molar refractivity (Wildman–Crippen MR) is 67.7 cm³/mol. The Labute approximate surface area is 110 Å². The van der Waals surface area contributed by atoms with Crippen molar-refractivity contribution in [1.82, 2.24) is 10.2 Å². The Morgan fingerprint density at radius 2 is 2.00 bits per heavy atom. The molecule has 0 bridgehead atoms. The maximum absolute atomic E-state index is 11.9. The SMILES string of the molecule is CN1Cc2ccc(N3CCC(=O)NC3=O)cc2C1=O. The van der Waals surface area contributed by atoms with E-state index in [1.165, 1.54) is 4.90 Å². The molecule has 0 unspecified atom stereocenters. The number of benzene rings is 1. The van der Waals surface area contributed by atoms with Gasteiger partial charge in [-0.05, 0) is 17.7 Å². The van der Waals surface area contributed by atoms with Crippen molar-refractivity contribution < 1.29 is 14.4 Å². The summed E-state index contributed by atoms with van der Waals surface area (Å²) in [7, 11) is 1.74. The second-order valence-corrected chi connectivity index (χ2v) is 4.76. The third kappa shape index (κ3) is 1.85. The zero-order valence-corrected chi connectivity index (χ0v) is 10.5. The molecule has 98 valence electrons. The molecule has 0 aromatic heterocycles. The van der Waals surface area contributed by atoms with Gasteiger partial charge in [0, 0.05) is 37.8 Å². The average molecular weight is 259 g/mol. The summed E-state index contributed by atoms with van der Waals surface area (Å²) in [5.74, 6) is -0.302. The molecule has 2 aliphatic rings. The molecule has 0 radical (unpaired) electrons. The number of hydrogen-bond donors (Lipinski definition) is 1. The van der Waals surface area contributed by atoms with Gasteiger partial charge in [-0.25, -0.2) is 4.79 Å². The number of hydrogen-bond acceptors (Lipinski definition) is 3. The van der Waals surface area contributed by atoms with Crippen LogP contribution < -0.4 is 10.2 Å². The van der Waals surface area contributed by atoms with Crippen LogP contribution in [-0.2, 0) is 11.3 Å². The Balaban J connectivity index is 1.93. The standard InChI is InChI=1S/C13H13N3O3/c1-15-7-8-2-3-9(6-10(8)12(15)18)16-5-4-11(17)14-13(16)19/h2-3,6H,4-5,7H2,1H3,(H,14,17,19). The Kier molecular flexibility index (Phi) is 2.51. The van der Waals surface area contributed by atoms with Gasteiger partial charge < -0.3 is 4.90 Å². The number of amides is 4. The number of nitrogens with one attached hydrogen (secondary N) is 1. The molecule has 6 nitrogen and oxygen atoms in total. The van der Waals surface area contributed by atoms with Gasteiger partial charge >= 0.3 is 6.03 Å². The molecule has 1 aromatic carbocycles. The van der Waals surface area contributed by atoms with Crippen molar-refractivity contribution in [3.8, 4) is 0 Å². The second kappa shape index (κ2) is 4.08. The van der Waals surface area contributed by atoms with E-state index in [-0.39, 0.29) is 18.2 Å². The monoisotopic (exact) mass is 259 g/mol. The van der Waals surface area contributed by atoms with Crippen LogP contribution in [0.3, 0.4) is 0 Å². The molecule has 0 atom stereocenters. The molecule has 6 heteroatoms. The van der Waals surface area contributed by atoms with Gasteiger partial charge in [0.2, 0.25) is 5.91 Å². The highest BCUT2D eigenvalue weighted by molar-refractivity contribution is 6.06. The van der Waals surface area contributed by atoms with E-state index in [1.54, 1.807) is 24.1 Å². The Hall–Kier alpha value is -2.37. The fraction of sp³-hybridized carbons (Fsp3) is 0.308. The lowest BCUT2D eigenvalue weighted by Gasteiger charge is -2.26. The summed E-state index contributed by atoms with van der Waals surface area (Å²) in [5.41, 5.74) is 2.24. The molecule has 19 heavy (non-hydrogen) atoms. The highest BCUT2D eigenvalue weighted by Gasteiger charge is 2.28. The van der Waals surface area contributed by atoms with E-state index in [1.807, 2.05) is 6.07 Å². The summed E-state index contributed by atoms with van der Waals surface area (Å²) in [6.45, 7) is 0.937. The first-order valence-electron chi connectivity index (χ1n) is 6.06. The van der Waals surface area contributed by atoms with E-state index in [4.69, 9.17) is 0 Å². The van der Waals surface area contributed by atoms with Crippen LogP contribution in [0.25, 0.3) is 0 Å². The van der Waals surface area contributed by atoms with Gasteiger partial charge in [-0.1, -0.05) is 6.07 Å². The molecule has 1 aromatic rings. The third-order valence-corrected chi connectivity index (χ3v) is 3.44. The molecule has 4 amide bonds. The van der Waals surface area contributed by atoms with E-state index < -0.39 is 6.03 Å². The average Bonchev–Trinajstić information content (AvgIpc) is 2.65. The molecule has 1 saturated heterocycles. The van der Waals surface area contributed by atoms with Crippen molar-refractivity contribution in [3.63, 3.8) is 0 Å². The first kappa shape index (κ1) is 11.7. The molecule has 2 aliphatic heterocycles. The maximum Gasteiger partial charge on any atom is 0.328 e. The van der Waals surface area contributed by atoms with Crippen molar-refractivity contribution in [2.24, 2.45) is 0 Å². The summed E-state index contributed by atoms with van der Waals surface area (Å²) in [5, 5.41) is 2.27. The van der Waals surface area contributed by atoms with Crippen molar-refractivity contribution in [2.75, 3.05) is 18.5 Å². The van der Waals surface area contributed by atoms with Crippen molar-refractivity contribution >= 4 is 23.5 Å². The molecular weight excluding hydrogens is 246 g/mol. The smallest absolute Gasteiger partial charge is 0.328 e. The van der Waals surface area contributed by atoms with Crippen LogP contribution >= 0.6 is 0 Å². The number of carbonyl (C=O) groups excluding carboxylic acids is 3. The van der Waals surface area contributed by atoms with Crippen LogP contribution in [0.5, 0.6) is 0 Å². The second-order valence-electron chi connectivity index (χ2n) is 4.76. The van der Waals surface area contributed by atoms with E-state index in [0.717, 1.165) is 5.56 Å². The number of anilines is 1. The van der Waals surface area contributed by atoms with Gasteiger partial charge in [-0.2, -0.15) is 0 Å². The fourth-order valence-corrected chi connectivity index (χ4v) is 2.41. The topological polar surface area (TPSA) is 69.7 Å². The van der Waals surface area contributed by atoms with Crippen LogP contribution in [0.1, 0.15) is 22.3 Å². The van der Waals surface area contributed by atoms with Crippen molar-refractivity contribution in [1.29, 1.82) is 0 Å². The van der Waals surface area contributed by atoms with Crippen LogP contribution in [0.2, 0.25) is 0 Å². The fourth-order valence-electron chi connectivity index (χ4n) is 2.41. The van der Waals surface area contributed by atoms with E-state index >= 15 is 0 Å². The molecular formula is C13H13N3O3. The lowest BCUT2D eigenvalue weighted by Crippen LogP contribution is -2.49. The molecule has 0 spiro atoms. The highest BCUT2D eigenvalue weighted by Crippen LogP contribution is 2.27. The van der Waals surface area contributed by atoms with E-state index in [0.29, 0.717) is 24.3 Å². The summed E-state index contributed by atoms with van der Waals surface area (Å²) in [4.78, 5) is 37.9. The molecule has 1 fully saturated rings. The zero-order valence-electron chi connectivity index (χ0n) is 10.5. The number of fused-ring (bicyclic) bond motifs is 1. The summed E-state index contributed by atoms with van der Waals surface area (Å²) in [6.07, 6.45) is 0.274. The maximum atomic E-state index is 11.9. The number of urea groups is 1. The normalized spacial score (nSPS) is 18.7. The third-order valence-electron chi connectivity index (χ3n) is 3.44. The summed E-state index contributed by atoms with van der Waals surface area (Å²) in [6, 6.07) is 4.95. The minimum absolute atomic E-state index is 0.0367. The minimum atomic E-state index is -0.435. The first-order valence-corrected chi connectivity index (χ1v) is 6.06. The van der Waals surface area contributed by atoms with Crippen LogP contribution in [0.15, 0.2) is 18.2 Å². The zero-order chi connectivity index (χ0) is 13.6. The first-order chi connectivity index (χ1) is 9.06. The van der Waals surface area contributed by atoms with Gasteiger partial charge in [-0.15, -0.1) is 0 Å². The number of carbonyl (C=O) groups is 3. The van der Waals surface area contributed by atoms with Gasteiger partial charge in [0.05, 0.1) is 0 Å². The van der Waals surface area contributed by atoms with Crippen LogP contribution in [0.4, 0.5) is 10.5 Å². The molecule has 2 heterocycles.